The van der Waals surface area contributed by atoms with E-state index in [1.807, 2.05) is 13.0 Å². The lowest BCUT2D eigenvalue weighted by Gasteiger charge is -2.27. The molecule has 0 fully saturated rings. The molecule has 162 valence electrons. The third-order valence-electron chi connectivity index (χ3n) is 5.39. The average Bonchev–Trinajstić information content (AvgIpc) is 2.72. The monoisotopic (exact) mass is 433 g/mol. The summed E-state index contributed by atoms with van der Waals surface area (Å²) in [5, 5.41) is 2.89. The lowest BCUT2D eigenvalue weighted by Crippen LogP contribution is -2.46. The number of rotatable bonds is 7. The fourth-order valence-electron chi connectivity index (χ4n) is 3.63. The summed E-state index contributed by atoms with van der Waals surface area (Å²) in [4.78, 5) is 12.7. The van der Waals surface area contributed by atoms with E-state index in [9.17, 15) is 17.6 Å². The van der Waals surface area contributed by atoms with Gasteiger partial charge in [0.2, 0.25) is 5.91 Å². The van der Waals surface area contributed by atoms with Gasteiger partial charge in [-0.25, -0.2) is 8.70 Å². The molecule has 0 bridgehead atoms. The van der Waals surface area contributed by atoms with Crippen molar-refractivity contribution in [1.29, 1.82) is 0 Å². The van der Waals surface area contributed by atoms with Crippen molar-refractivity contribution in [2.45, 2.75) is 38.6 Å². The fourth-order valence-corrected chi connectivity index (χ4v) is 4.70. The number of fused-ring (bicyclic) bond motifs is 1. The van der Waals surface area contributed by atoms with Crippen molar-refractivity contribution in [3.63, 3.8) is 0 Å². The van der Waals surface area contributed by atoms with E-state index in [2.05, 4.69) is 17.4 Å². The number of carbonyl (C=O) groups excluding carboxylic acids is 1. The minimum atomic E-state index is -3.93. The highest BCUT2D eigenvalue weighted by molar-refractivity contribution is 7.90. The molecule has 3 rings (SSSR count). The zero-order valence-electron chi connectivity index (χ0n) is 17.6. The highest BCUT2D eigenvalue weighted by Crippen LogP contribution is 2.25. The van der Waals surface area contributed by atoms with Crippen molar-refractivity contribution in [1.82, 2.24) is 9.62 Å². The van der Waals surface area contributed by atoms with Crippen molar-refractivity contribution in [2.75, 3.05) is 24.9 Å². The number of amides is 1. The number of aryl methyl sites for hydroxylation is 2. The van der Waals surface area contributed by atoms with E-state index in [1.54, 1.807) is 0 Å². The van der Waals surface area contributed by atoms with Crippen molar-refractivity contribution in [2.24, 2.45) is 0 Å². The summed E-state index contributed by atoms with van der Waals surface area (Å²) in [7, 11) is -1.15. The highest BCUT2D eigenvalue weighted by Gasteiger charge is 2.28. The predicted molar refractivity (Wildman–Crippen MR) is 116 cm³/mol. The van der Waals surface area contributed by atoms with Gasteiger partial charge in [-0.1, -0.05) is 18.2 Å². The summed E-state index contributed by atoms with van der Waals surface area (Å²) in [6.45, 7) is 1.48. The second-order valence-electron chi connectivity index (χ2n) is 7.80. The van der Waals surface area contributed by atoms with Crippen molar-refractivity contribution in [3.8, 4) is 0 Å². The smallest absolute Gasteiger partial charge is 0.304 e. The summed E-state index contributed by atoms with van der Waals surface area (Å²) in [5.41, 5.74) is 3.90. The number of benzene rings is 2. The van der Waals surface area contributed by atoms with Gasteiger partial charge in [0.1, 0.15) is 12.4 Å². The molecule has 30 heavy (non-hydrogen) atoms. The molecule has 0 spiro atoms. The first-order valence-electron chi connectivity index (χ1n) is 10.1. The molecule has 0 saturated carbocycles. The number of hydrogen-bond acceptors (Lipinski definition) is 3. The van der Waals surface area contributed by atoms with E-state index in [0.29, 0.717) is 0 Å². The summed E-state index contributed by atoms with van der Waals surface area (Å²) >= 11 is 0. The molecule has 0 heterocycles. The van der Waals surface area contributed by atoms with Gasteiger partial charge in [0.25, 0.3) is 0 Å². The number of nitrogens with one attached hydrogen (secondary N) is 1. The van der Waals surface area contributed by atoms with Crippen LogP contribution in [0.1, 0.15) is 42.5 Å². The Morgan fingerprint density at radius 2 is 1.70 bits per heavy atom. The first-order valence-corrected chi connectivity index (χ1v) is 11.4. The first kappa shape index (κ1) is 22.2. The fraction of sp³-hybridized carbons (Fsp3) is 0.409. The molecule has 0 aromatic heterocycles. The van der Waals surface area contributed by atoms with Gasteiger partial charge < -0.3 is 5.32 Å². The van der Waals surface area contributed by atoms with Crippen molar-refractivity contribution < 1.29 is 17.6 Å². The van der Waals surface area contributed by atoms with Gasteiger partial charge in [-0.3, -0.25) is 4.79 Å². The maximum absolute atomic E-state index is 13.3. The minimum Gasteiger partial charge on any atom is -0.348 e. The molecule has 1 unspecified atom stereocenters. The standard InChI is InChI=1S/C22H28FN3O3S/c1-16(18-9-8-17-6-4-5-7-19(17)14-18)24-22(27)15-26(30(28,29)25(2)3)21-12-10-20(23)11-13-21/h8-14,16H,4-7,15H2,1-3H3,(H,24,27). The van der Waals surface area contributed by atoms with E-state index in [4.69, 9.17) is 0 Å². The Bertz CT molecular complexity index is 1010. The zero-order valence-corrected chi connectivity index (χ0v) is 18.4. The molecule has 1 aliphatic carbocycles. The summed E-state index contributed by atoms with van der Waals surface area (Å²) in [6, 6.07) is 11.0. The molecule has 0 aliphatic heterocycles. The molecule has 8 heteroatoms. The first-order chi connectivity index (χ1) is 14.2. The molecule has 1 atom stereocenters. The summed E-state index contributed by atoms with van der Waals surface area (Å²) in [6.07, 6.45) is 4.51. The third kappa shape index (κ3) is 4.99. The molecular weight excluding hydrogens is 405 g/mol. The van der Waals surface area contributed by atoms with Crippen LogP contribution in [-0.2, 0) is 27.8 Å². The van der Waals surface area contributed by atoms with Gasteiger partial charge in [0.15, 0.2) is 0 Å². The normalized spacial score (nSPS) is 14.8. The Kier molecular flexibility index (Phi) is 6.77. The second kappa shape index (κ2) is 9.14. The lowest BCUT2D eigenvalue weighted by molar-refractivity contribution is -0.120. The predicted octanol–water partition coefficient (Wildman–Crippen LogP) is 3.19. The molecule has 2 aromatic rings. The highest BCUT2D eigenvalue weighted by atomic mass is 32.2. The van der Waals surface area contributed by atoms with Gasteiger partial charge >= 0.3 is 10.2 Å². The van der Waals surface area contributed by atoms with Gasteiger partial charge in [0.05, 0.1) is 11.7 Å². The minimum absolute atomic E-state index is 0.224. The van der Waals surface area contributed by atoms with Gasteiger partial charge in [-0.05, 0) is 73.6 Å². The number of nitrogens with zero attached hydrogens (tertiary/aromatic N) is 2. The molecule has 1 N–H and O–H groups in total. The Morgan fingerprint density at radius 3 is 2.33 bits per heavy atom. The zero-order chi connectivity index (χ0) is 21.9. The maximum Gasteiger partial charge on any atom is 0.304 e. The maximum atomic E-state index is 13.3. The molecule has 1 amide bonds. The quantitative estimate of drug-likeness (QED) is 0.729. The van der Waals surface area contributed by atoms with Crippen LogP contribution in [0.3, 0.4) is 0 Å². The molecular formula is C22H28FN3O3S. The Labute approximate surface area is 177 Å². The van der Waals surface area contributed by atoms with Crippen LogP contribution in [0, 0.1) is 5.82 Å². The Morgan fingerprint density at radius 1 is 1.07 bits per heavy atom. The van der Waals surface area contributed by atoms with E-state index in [1.165, 1.54) is 62.3 Å². The van der Waals surface area contributed by atoms with E-state index < -0.39 is 28.5 Å². The average molecular weight is 434 g/mol. The van der Waals surface area contributed by atoms with Crippen LogP contribution in [0.5, 0.6) is 0 Å². The SMILES string of the molecule is CC(NC(=O)CN(c1ccc(F)cc1)S(=O)(=O)N(C)C)c1ccc2c(c1)CCCC2. The van der Waals surface area contributed by atoms with Crippen molar-refractivity contribution >= 4 is 21.8 Å². The summed E-state index contributed by atoms with van der Waals surface area (Å²) in [5.74, 6) is -0.915. The van der Waals surface area contributed by atoms with Crippen LogP contribution >= 0.6 is 0 Å². The van der Waals surface area contributed by atoms with E-state index in [-0.39, 0.29) is 11.7 Å². The third-order valence-corrected chi connectivity index (χ3v) is 7.21. The van der Waals surface area contributed by atoms with Crippen LogP contribution in [0.15, 0.2) is 42.5 Å². The largest absolute Gasteiger partial charge is 0.348 e. The van der Waals surface area contributed by atoms with Crippen LogP contribution in [0.2, 0.25) is 0 Å². The Hall–Kier alpha value is -2.45. The molecule has 6 nitrogen and oxygen atoms in total. The molecule has 2 aromatic carbocycles. The number of anilines is 1. The lowest BCUT2D eigenvalue weighted by atomic mass is 9.89. The van der Waals surface area contributed by atoms with Crippen LogP contribution < -0.4 is 9.62 Å². The van der Waals surface area contributed by atoms with Gasteiger partial charge in [-0.2, -0.15) is 12.7 Å². The van der Waals surface area contributed by atoms with Crippen LogP contribution in [-0.4, -0.2) is 39.3 Å². The Balaban J connectivity index is 1.76. The second-order valence-corrected chi connectivity index (χ2v) is 9.86. The number of carbonyl (C=O) groups is 1. The van der Waals surface area contributed by atoms with Crippen molar-refractivity contribution in [3.05, 3.63) is 65.0 Å². The van der Waals surface area contributed by atoms with Crippen LogP contribution in [0.25, 0.3) is 0 Å². The van der Waals surface area contributed by atoms with Crippen LogP contribution in [0.4, 0.5) is 10.1 Å². The topological polar surface area (TPSA) is 69.7 Å². The van der Waals surface area contributed by atoms with Gasteiger partial charge in [0, 0.05) is 14.1 Å². The summed E-state index contributed by atoms with van der Waals surface area (Å²) < 4.78 is 40.8. The van der Waals surface area contributed by atoms with E-state index in [0.717, 1.165) is 27.0 Å². The molecule has 1 aliphatic rings. The molecule has 0 saturated heterocycles. The molecule has 0 radical (unpaired) electrons. The van der Waals surface area contributed by atoms with E-state index >= 15 is 0 Å². The number of hydrogen-bond donors (Lipinski definition) is 1. The van der Waals surface area contributed by atoms with Gasteiger partial charge in [-0.15, -0.1) is 0 Å². The number of halogens is 1.